The Labute approximate surface area is 93.7 Å². The predicted molar refractivity (Wildman–Crippen MR) is 60.0 cm³/mol. The van der Waals surface area contributed by atoms with Crippen molar-refractivity contribution in [1.82, 2.24) is 0 Å². The lowest BCUT2D eigenvalue weighted by molar-refractivity contribution is -0.136. The van der Waals surface area contributed by atoms with Gasteiger partial charge in [-0.3, -0.25) is 4.79 Å². The highest BCUT2D eigenvalue weighted by atomic mass is 16.4. The Morgan fingerprint density at radius 3 is 2.69 bits per heavy atom. The van der Waals surface area contributed by atoms with E-state index in [1.165, 1.54) is 6.07 Å². The molecule has 16 heavy (non-hydrogen) atoms. The van der Waals surface area contributed by atoms with E-state index in [9.17, 15) is 9.90 Å². The van der Waals surface area contributed by atoms with Crippen LogP contribution in [-0.4, -0.2) is 22.7 Å². The SMILES string of the molecule is NC[C@@H](N)c1cc(CCC(=O)O)ccc1O. The van der Waals surface area contributed by atoms with Crippen LogP contribution in [0.15, 0.2) is 18.2 Å². The molecule has 1 aromatic carbocycles. The Morgan fingerprint density at radius 1 is 1.44 bits per heavy atom. The van der Waals surface area contributed by atoms with Crippen LogP contribution in [0.2, 0.25) is 0 Å². The summed E-state index contributed by atoms with van der Waals surface area (Å²) in [5.74, 6) is -0.755. The highest BCUT2D eigenvalue weighted by molar-refractivity contribution is 5.67. The summed E-state index contributed by atoms with van der Waals surface area (Å²) in [6, 6.07) is 4.48. The number of phenolic OH excluding ortho intramolecular Hbond substituents is 1. The average molecular weight is 224 g/mol. The first-order valence-electron chi connectivity index (χ1n) is 5.03. The van der Waals surface area contributed by atoms with E-state index in [-0.39, 0.29) is 18.7 Å². The van der Waals surface area contributed by atoms with Gasteiger partial charge in [0.05, 0.1) is 0 Å². The molecule has 0 amide bonds. The Kier molecular flexibility index (Phi) is 4.28. The molecule has 1 atom stereocenters. The molecule has 0 radical (unpaired) electrons. The van der Waals surface area contributed by atoms with Crippen LogP contribution in [0.5, 0.6) is 5.75 Å². The molecular formula is C11H16N2O3. The summed E-state index contributed by atoms with van der Waals surface area (Å²) >= 11 is 0. The van der Waals surface area contributed by atoms with Crippen LogP contribution in [0.4, 0.5) is 0 Å². The van der Waals surface area contributed by atoms with Gasteiger partial charge in [0, 0.05) is 24.6 Å². The van der Waals surface area contributed by atoms with Crippen molar-refractivity contribution >= 4 is 5.97 Å². The van der Waals surface area contributed by atoms with Crippen molar-refractivity contribution in [2.24, 2.45) is 11.5 Å². The van der Waals surface area contributed by atoms with E-state index in [0.717, 1.165) is 5.56 Å². The first-order chi connectivity index (χ1) is 7.54. The number of carbonyl (C=O) groups is 1. The largest absolute Gasteiger partial charge is 0.508 e. The Bertz CT molecular complexity index is 379. The number of phenols is 1. The average Bonchev–Trinajstić information content (AvgIpc) is 2.27. The van der Waals surface area contributed by atoms with E-state index >= 15 is 0 Å². The van der Waals surface area contributed by atoms with Gasteiger partial charge in [0.1, 0.15) is 5.75 Å². The minimum Gasteiger partial charge on any atom is -0.508 e. The van der Waals surface area contributed by atoms with E-state index < -0.39 is 12.0 Å². The van der Waals surface area contributed by atoms with Crippen LogP contribution in [0, 0.1) is 0 Å². The molecule has 1 aromatic rings. The second-order valence-electron chi connectivity index (χ2n) is 3.63. The van der Waals surface area contributed by atoms with Crippen LogP contribution in [0.25, 0.3) is 0 Å². The van der Waals surface area contributed by atoms with E-state index in [1.807, 2.05) is 0 Å². The van der Waals surface area contributed by atoms with Gasteiger partial charge in [-0.15, -0.1) is 0 Å². The number of carboxylic acids is 1. The fourth-order valence-electron chi connectivity index (χ4n) is 1.43. The predicted octanol–water partition coefficient (Wildman–Crippen LogP) is 0.368. The standard InChI is InChI=1S/C11H16N2O3/c12-6-9(13)8-5-7(1-3-10(8)14)2-4-11(15)16/h1,3,5,9,14H,2,4,6,12-13H2,(H,15,16)/t9-/m1/s1. The molecule has 1 rings (SSSR count). The normalized spacial score (nSPS) is 12.4. The zero-order valence-electron chi connectivity index (χ0n) is 8.89. The van der Waals surface area contributed by atoms with Gasteiger partial charge in [0.15, 0.2) is 0 Å². The van der Waals surface area contributed by atoms with E-state index in [0.29, 0.717) is 12.0 Å². The van der Waals surface area contributed by atoms with Gasteiger partial charge >= 0.3 is 5.97 Å². The molecule has 0 aliphatic heterocycles. The van der Waals surface area contributed by atoms with Crippen LogP contribution < -0.4 is 11.5 Å². The van der Waals surface area contributed by atoms with Crippen molar-refractivity contribution in [3.63, 3.8) is 0 Å². The number of hydrogen-bond acceptors (Lipinski definition) is 4. The maximum atomic E-state index is 10.4. The molecule has 88 valence electrons. The van der Waals surface area contributed by atoms with Crippen LogP contribution in [-0.2, 0) is 11.2 Å². The highest BCUT2D eigenvalue weighted by Gasteiger charge is 2.10. The van der Waals surface area contributed by atoms with E-state index in [1.54, 1.807) is 12.1 Å². The Hall–Kier alpha value is -1.59. The molecule has 0 saturated heterocycles. The van der Waals surface area contributed by atoms with E-state index in [4.69, 9.17) is 16.6 Å². The maximum absolute atomic E-state index is 10.4. The Balaban J connectivity index is 2.85. The molecule has 0 spiro atoms. The number of nitrogens with two attached hydrogens (primary N) is 2. The monoisotopic (exact) mass is 224 g/mol. The van der Waals surface area contributed by atoms with Gasteiger partial charge in [-0.25, -0.2) is 0 Å². The zero-order chi connectivity index (χ0) is 12.1. The molecule has 0 bridgehead atoms. The third-order valence-corrected chi connectivity index (χ3v) is 2.37. The van der Waals surface area contributed by atoms with Gasteiger partial charge in [-0.1, -0.05) is 12.1 Å². The fourth-order valence-corrected chi connectivity index (χ4v) is 1.43. The van der Waals surface area contributed by atoms with Gasteiger partial charge < -0.3 is 21.7 Å². The lowest BCUT2D eigenvalue weighted by atomic mass is 10.0. The minimum absolute atomic E-state index is 0.0576. The van der Waals surface area contributed by atoms with Gasteiger partial charge in [-0.05, 0) is 18.1 Å². The number of hydrogen-bond donors (Lipinski definition) is 4. The van der Waals surface area contributed by atoms with Crippen LogP contribution in [0.1, 0.15) is 23.6 Å². The van der Waals surface area contributed by atoms with Crippen molar-refractivity contribution < 1.29 is 15.0 Å². The van der Waals surface area contributed by atoms with Crippen molar-refractivity contribution in [3.8, 4) is 5.75 Å². The van der Waals surface area contributed by atoms with Crippen molar-refractivity contribution in [2.75, 3.05) is 6.54 Å². The molecule has 0 heterocycles. The lowest BCUT2D eigenvalue weighted by Crippen LogP contribution is -2.21. The van der Waals surface area contributed by atoms with Gasteiger partial charge in [0.25, 0.3) is 0 Å². The third kappa shape index (κ3) is 3.22. The molecule has 0 saturated carbocycles. The Morgan fingerprint density at radius 2 is 2.12 bits per heavy atom. The summed E-state index contributed by atoms with van der Waals surface area (Å²) in [4.78, 5) is 10.4. The zero-order valence-corrected chi connectivity index (χ0v) is 8.89. The number of benzene rings is 1. The van der Waals surface area contributed by atoms with E-state index in [2.05, 4.69) is 0 Å². The molecule has 5 nitrogen and oxygen atoms in total. The summed E-state index contributed by atoms with van der Waals surface area (Å²) in [5, 5.41) is 18.1. The first-order valence-corrected chi connectivity index (χ1v) is 5.03. The molecule has 0 aliphatic rings. The third-order valence-electron chi connectivity index (χ3n) is 2.37. The summed E-state index contributed by atoms with van der Waals surface area (Å²) in [7, 11) is 0. The molecular weight excluding hydrogens is 208 g/mol. The maximum Gasteiger partial charge on any atom is 0.303 e. The molecule has 0 aliphatic carbocycles. The second-order valence-corrected chi connectivity index (χ2v) is 3.63. The number of carboxylic acid groups (broad SMARTS) is 1. The summed E-state index contributed by atoms with van der Waals surface area (Å²) in [6.45, 7) is 0.232. The van der Waals surface area contributed by atoms with Crippen LogP contribution >= 0.6 is 0 Å². The van der Waals surface area contributed by atoms with Crippen LogP contribution in [0.3, 0.4) is 0 Å². The smallest absolute Gasteiger partial charge is 0.303 e. The first kappa shape index (κ1) is 12.5. The van der Waals surface area contributed by atoms with Gasteiger partial charge in [-0.2, -0.15) is 0 Å². The van der Waals surface area contributed by atoms with Crippen molar-refractivity contribution in [3.05, 3.63) is 29.3 Å². The van der Waals surface area contributed by atoms with Crippen molar-refractivity contribution in [1.29, 1.82) is 0 Å². The highest BCUT2D eigenvalue weighted by Crippen LogP contribution is 2.23. The molecule has 5 heteroatoms. The number of aryl methyl sites for hydroxylation is 1. The number of aromatic hydroxyl groups is 1. The topological polar surface area (TPSA) is 110 Å². The molecule has 0 aromatic heterocycles. The minimum atomic E-state index is -0.849. The summed E-state index contributed by atoms with van der Waals surface area (Å²) in [5.41, 5.74) is 12.5. The van der Waals surface area contributed by atoms with Crippen molar-refractivity contribution in [2.45, 2.75) is 18.9 Å². The second kappa shape index (κ2) is 5.48. The molecule has 0 fully saturated rings. The summed E-state index contributed by atoms with van der Waals surface area (Å²) < 4.78 is 0. The summed E-state index contributed by atoms with van der Waals surface area (Å²) in [6.07, 6.45) is 0.474. The fraction of sp³-hybridized carbons (Fsp3) is 0.364. The number of aliphatic carboxylic acids is 1. The lowest BCUT2D eigenvalue weighted by Gasteiger charge is -2.12. The molecule has 0 unspecified atom stereocenters. The number of rotatable bonds is 5. The van der Waals surface area contributed by atoms with Gasteiger partial charge in [0.2, 0.25) is 0 Å². The quantitative estimate of drug-likeness (QED) is 0.577. The molecule has 6 N–H and O–H groups in total.